The third kappa shape index (κ3) is 3.08. The van der Waals surface area contributed by atoms with Crippen molar-refractivity contribution < 1.29 is 9.21 Å². The van der Waals surface area contributed by atoms with Crippen molar-refractivity contribution in [3.8, 4) is 10.8 Å². The Morgan fingerprint density at radius 2 is 2.21 bits per heavy atom. The number of benzene rings is 1. The average Bonchev–Trinajstić information content (AvgIpc) is 3.25. The van der Waals surface area contributed by atoms with Gasteiger partial charge < -0.3 is 9.73 Å². The van der Waals surface area contributed by atoms with Gasteiger partial charge in [0.25, 0.3) is 0 Å². The minimum Gasteiger partial charge on any atom is -0.462 e. The molecule has 0 saturated heterocycles. The fourth-order valence-electron chi connectivity index (χ4n) is 2.31. The highest BCUT2D eigenvalue weighted by atomic mass is 32.1. The van der Waals surface area contributed by atoms with Gasteiger partial charge in [0.1, 0.15) is 0 Å². The maximum atomic E-state index is 12.2. The van der Waals surface area contributed by atoms with E-state index in [4.69, 9.17) is 4.42 Å². The first-order valence-corrected chi connectivity index (χ1v) is 9.02. The molecule has 1 amide bonds. The summed E-state index contributed by atoms with van der Waals surface area (Å²) in [5.41, 5.74) is 2.80. The Balaban J connectivity index is 1.46. The van der Waals surface area contributed by atoms with E-state index in [0.717, 1.165) is 20.9 Å². The Kier molecular flexibility index (Phi) is 3.87. The zero-order valence-corrected chi connectivity index (χ0v) is 14.4. The first-order valence-electron chi connectivity index (χ1n) is 7.33. The van der Waals surface area contributed by atoms with Crippen molar-refractivity contribution in [1.82, 2.24) is 9.97 Å². The van der Waals surface area contributed by atoms with Crippen LogP contribution in [-0.2, 0) is 11.2 Å². The number of carbonyl (C=O) groups excluding carboxylic acids is 1. The van der Waals surface area contributed by atoms with Crippen LogP contribution >= 0.6 is 22.7 Å². The van der Waals surface area contributed by atoms with Crippen LogP contribution in [0.1, 0.15) is 11.3 Å². The fourth-order valence-corrected chi connectivity index (χ4v) is 4.08. The molecule has 0 atom stereocenters. The molecular formula is C17H13N3O2S2. The van der Waals surface area contributed by atoms with Gasteiger partial charge in [-0.2, -0.15) is 0 Å². The van der Waals surface area contributed by atoms with Crippen molar-refractivity contribution in [2.24, 2.45) is 0 Å². The summed E-state index contributed by atoms with van der Waals surface area (Å²) in [6.45, 7) is 2.04. The summed E-state index contributed by atoms with van der Waals surface area (Å²) in [5.74, 6) is 0.593. The molecule has 4 aromatic rings. The number of nitrogens with one attached hydrogen (secondary N) is 1. The standard InChI is InChI=1S/C17H13N3O2S2/c1-10-4-5-12-14(7-10)24-17(19-12)20-15(21)8-11-9-23-16(18-11)13-3-2-6-22-13/h2-7,9H,8H2,1H3,(H,19,20,21). The molecule has 0 aliphatic carbocycles. The Morgan fingerprint density at radius 1 is 1.29 bits per heavy atom. The minimum atomic E-state index is -0.123. The van der Waals surface area contributed by atoms with Crippen LogP contribution < -0.4 is 5.32 Å². The molecule has 0 saturated carbocycles. The van der Waals surface area contributed by atoms with Gasteiger partial charge in [0, 0.05) is 5.38 Å². The molecule has 0 aliphatic heterocycles. The largest absolute Gasteiger partial charge is 0.462 e. The molecule has 5 nitrogen and oxygen atoms in total. The first-order chi connectivity index (χ1) is 11.7. The van der Waals surface area contributed by atoms with Crippen LogP contribution in [0, 0.1) is 6.92 Å². The topological polar surface area (TPSA) is 68.0 Å². The van der Waals surface area contributed by atoms with Crippen LogP contribution in [0.4, 0.5) is 5.13 Å². The number of furan rings is 1. The Morgan fingerprint density at radius 3 is 3.04 bits per heavy atom. The number of carbonyl (C=O) groups is 1. The second-order valence-corrected chi connectivity index (χ2v) is 7.23. The van der Waals surface area contributed by atoms with Gasteiger partial charge in [0.2, 0.25) is 5.91 Å². The number of amides is 1. The maximum Gasteiger partial charge on any atom is 0.232 e. The van der Waals surface area contributed by atoms with Gasteiger partial charge in [0.15, 0.2) is 15.9 Å². The van der Waals surface area contributed by atoms with E-state index in [9.17, 15) is 4.79 Å². The molecule has 7 heteroatoms. The Labute approximate surface area is 146 Å². The maximum absolute atomic E-state index is 12.2. The van der Waals surface area contributed by atoms with Crippen molar-refractivity contribution in [3.05, 3.63) is 53.2 Å². The van der Waals surface area contributed by atoms with Crippen molar-refractivity contribution in [3.63, 3.8) is 0 Å². The number of thiazole rings is 2. The second-order valence-electron chi connectivity index (χ2n) is 5.34. The molecule has 0 fully saturated rings. The highest BCUT2D eigenvalue weighted by molar-refractivity contribution is 7.22. The van der Waals surface area contributed by atoms with Crippen LogP contribution in [0.15, 0.2) is 46.4 Å². The van der Waals surface area contributed by atoms with E-state index < -0.39 is 0 Å². The molecule has 0 spiro atoms. The second kappa shape index (κ2) is 6.18. The van der Waals surface area contributed by atoms with Crippen molar-refractivity contribution >= 4 is 43.9 Å². The lowest BCUT2D eigenvalue weighted by Crippen LogP contribution is -2.14. The number of anilines is 1. The minimum absolute atomic E-state index is 0.123. The molecule has 24 heavy (non-hydrogen) atoms. The molecule has 1 aromatic carbocycles. The number of hydrogen-bond acceptors (Lipinski definition) is 6. The van der Waals surface area contributed by atoms with Gasteiger partial charge in [-0.15, -0.1) is 11.3 Å². The van der Waals surface area contributed by atoms with Crippen LogP contribution in [0.3, 0.4) is 0 Å². The summed E-state index contributed by atoms with van der Waals surface area (Å²) in [5, 5.41) is 6.12. The third-order valence-corrected chi connectivity index (χ3v) is 5.25. The van der Waals surface area contributed by atoms with Crippen molar-refractivity contribution in [2.75, 3.05) is 5.32 Å². The van der Waals surface area contributed by atoms with Gasteiger partial charge >= 0.3 is 0 Å². The predicted molar refractivity (Wildman–Crippen MR) is 96.5 cm³/mol. The fraction of sp³-hybridized carbons (Fsp3) is 0.118. The molecule has 0 aliphatic rings. The highest BCUT2D eigenvalue weighted by Gasteiger charge is 2.12. The van der Waals surface area contributed by atoms with Crippen LogP contribution in [-0.4, -0.2) is 15.9 Å². The summed E-state index contributed by atoms with van der Waals surface area (Å²) >= 11 is 2.94. The van der Waals surface area contributed by atoms with Gasteiger partial charge in [0.05, 0.1) is 28.6 Å². The van der Waals surface area contributed by atoms with Crippen LogP contribution in [0.5, 0.6) is 0 Å². The average molecular weight is 355 g/mol. The molecule has 0 radical (unpaired) electrons. The zero-order chi connectivity index (χ0) is 16.5. The molecule has 3 aromatic heterocycles. The summed E-state index contributed by atoms with van der Waals surface area (Å²) in [7, 11) is 0. The number of aryl methyl sites for hydroxylation is 1. The van der Waals surface area contributed by atoms with Crippen LogP contribution in [0.25, 0.3) is 21.0 Å². The van der Waals surface area contributed by atoms with Gasteiger partial charge in [-0.05, 0) is 36.8 Å². The first kappa shape index (κ1) is 15.0. The SMILES string of the molecule is Cc1ccc2nc(NC(=O)Cc3csc(-c4ccco4)n3)sc2c1. The van der Waals surface area contributed by atoms with Crippen molar-refractivity contribution in [2.45, 2.75) is 13.3 Å². The third-order valence-electron chi connectivity index (χ3n) is 3.42. The lowest BCUT2D eigenvalue weighted by atomic mass is 10.2. The number of nitrogens with zero attached hydrogens (tertiary/aromatic N) is 2. The Bertz CT molecular complexity index is 1000. The summed E-state index contributed by atoms with van der Waals surface area (Å²) in [6, 6.07) is 9.72. The van der Waals surface area contributed by atoms with E-state index in [2.05, 4.69) is 21.4 Å². The monoisotopic (exact) mass is 355 g/mol. The van der Waals surface area contributed by atoms with E-state index in [1.165, 1.54) is 28.2 Å². The molecule has 3 heterocycles. The van der Waals surface area contributed by atoms with E-state index in [1.54, 1.807) is 6.26 Å². The van der Waals surface area contributed by atoms with Gasteiger partial charge in [-0.25, -0.2) is 9.97 Å². The van der Waals surface area contributed by atoms with E-state index in [0.29, 0.717) is 10.9 Å². The molecule has 1 N–H and O–H groups in total. The number of rotatable bonds is 4. The van der Waals surface area contributed by atoms with Crippen LogP contribution in [0.2, 0.25) is 0 Å². The highest BCUT2D eigenvalue weighted by Crippen LogP contribution is 2.27. The quantitative estimate of drug-likeness (QED) is 0.585. The predicted octanol–water partition coefficient (Wildman–Crippen LogP) is 4.50. The number of aromatic nitrogens is 2. The van der Waals surface area contributed by atoms with Gasteiger partial charge in [-0.1, -0.05) is 17.4 Å². The number of fused-ring (bicyclic) bond motifs is 1. The number of hydrogen-bond donors (Lipinski definition) is 1. The van der Waals surface area contributed by atoms with E-state index in [-0.39, 0.29) is 12.3 Å². The smallest absolute Gasteiger partial charge is 0.232 e. The molecule has 4 rings (SSSR count). The molecular weight excluding hydrogens is 342 g/mol. The van der Waals surface area contributed by atoms with E-state index >= 15 is 0 Å². The molecule has 120 valence electrons. The summed E-state index contributed by atoms with van der Waals surface area (Å²) in [4.78, 5) is 21.1. The van der Waals surface area contributed by atoms with Crippen molar-refractivity contribution in [1.29, 1.82) is 0 Å². The molecule has 0 bridgehead atoms. The molecule has 0 unspecified atom stereocenters. The summed E-state index contributed by atoms with van der Waals surface area (Å²) < 4.78 is 6.38. The summed E-state index contributed by atoms with van der Waals surface area (Å²) in [6.07, 6.45) is 1.82. The van der Waals surface area contributed by atoms with E-state index in [1.807, 2.05) is 36.6 Å². The Hall–Kier alpha value is -2.51. The van der Waals surface area contributed by atoms with Gasteiger partial charge in [-0.3, -0.25) is 4.79 Å². The zero-order valence-electron chi connectivity index (χ0n) is 12.8. The lowest BCUT2D eigenvalue weighted by molar-refractivity contribution is -0.115. The lowest BCUT2D eigenvalue weighted by Gasteiger charge is -1.98. The normalized spacial score (nSPS) is 11.0.